The number of ketones is 1. The fourth-order valence-corrected chi connectivity index (χ4v) is 1.69. The number of benzene rings is 1. The number of hydrogen-bond acceptors (Lipinski definition) is 1. The van der Waals surface area contributed by atoms with E-state index in [2.05, 4.69) is 6.92 Å². The standard InChI is InChI=1S/C15H18O/c1-4-9-13(6-3)15(16)14-11-8-7-10-12(14)5-2/h4,6-11H,5H2,1-3H3/b9-4-,13-6+. The molecule has 0 saturated heterocycles. The first kappa shape index (κ1) is 12.4. The van der Waals surface area contributed by atoms with E-state index in [1.807, 2.05) is 56.3 Å². The summed E-state index contributed by atoms with van der Waals surface area (Å²) in [5.74, 6) is 0.109. The summed E-state index contributed by atoms with van der Waals surface area (Å²) in [6.07, 6.45) is 6.49. The van der Waals surface area contributed by atoms with Gasteiger partial charge in [-0.15, -0.1) is 0 Å². The van der Waals surface area contributed by atoms with Crippen LogP contribution in [0.4, 0.5) is 0 Å². The molecule has 1 aromatic rings. The minimum atomic E-state index is 0.109. The highest BCUT2D eigenvalue weighted by atomic mass is 16.1. The molecule has 0 aliphatic carbocycles. The van der Waals surface area contributed by atoms with Crippen molar-refractivity contribution in [2.24, 2.45) is 0 Å². The maximum absolute atomic E-state index is 12.2. The van der Waals surface area contributed by atoms with Gasteiger partial charge in [-0.3, -0.25) is 4.79 Å². The van der Waals surface area contributed by atoms with E-state index < -0.39 is 0 Å². The maximum atomic E-state index is 12.2. The van der Waals surface area contributed by atoms with Crippen LogP contribution in [0.15, 0.2) is 48.1 Å². The largest absolute Gasteiger partial charge is 0.289 e. The molecule has 0 bridgehead atoms. The van der Waals surface area contributed by atoms with Crippen LogP contribution in [-0.2, 0) is 6.42 Å². The second-order valence-electron chi connectivity index (χ2n) is 3.58. The third kappa shape index (κ3) is 2.69. The number of carbonyl (C=O) groups is 1. The minimum Gasteiger partial charge on any atom is -0.289 e. The van der Waals surface area contributed by atoms with Gasteiger partial charge in [0.25, 0.3) is 0 Å². The van der Waals surface area contributed by atoms with Crippen molar-refractivity contribution in [3.8, 4) is 0 Å². The second kappa shape index (κ2) is 6.06. The number of aryl methyl sites for hydroxylation is 1. The van der Waals surface area contributed by atoms with Crippen molar-refractivity contribution in [2.45, 2.75) is 27.2 Å². The average molecular weight is 214 g/mol. The van der Waals surface area contributed by atoms with Crippen LogP contribution in [0.2, 0.25) is 0 Å². The van der Waals surface area contributed by atoms with Gasteiger partial charge in [-0.2, -0.15) is 0 Å². The zero-order chi connectivity index (χ0) is 12.0. The Hall–Kier alpha value is -1.63. The highest BCUT2D eigenvalue weighted by molar-refractivity contribution is 6.11. The molecule has 0 radical (unpaired) electrons. The molecule has 0 fully saturated rings. The molecular weight excluding hydrogens is 196 g/mol. The summed E-state index contributed by atoms with van der Waals surface area (Å²) in [5.41, 5.74) is 2.68. The summed E-state index contributed by atoms with van der Waals surface area (Å²) >= 11 is 0. The summed E-state index contributed by atoms with van der Waals surface area (Å²) in [6, 6.07) is 7.79. The van der Waals surface area contributed by atoms with Gasteiger partial charge in [0, 0.05) is 11.1 Å². The molecule has 0 aromatic heterocycles. The van der Waals surface area contributed by atoms with Crippen LogP contribution in [-0.4, -0.2) is 5.78 Å². The minimum absolute atomic E-state index is 0.109. The fraction of sp³-hybridized carbons (Fsp3) is 0.267. The molecule has 1 heteroatoms. The van der Waals surface area contributed by atoms with Gasteiger partial charge in [0.15, 0.2) is 5.78 Å². The van der Waals surface area contributed by atoms with Crippen molar-refractivity contribution in [3.63, 3.8) is 0 Å². The lowest BCUT2D eigenvalue weighted by atomic mass is 9.96. The van der Waals surface area contributed by atoms with Gasteiger partial charge in [-0.05, 0) is 25.8 Å². The molecule has 1 aromatic carbocycles. The zero-order valence-corrected chi connectivity index (χ0v) is 10.2. The van der Waals surface area contributed by atoms with Crippen LogP contribution in [0.3, 0.4) is 0 Å². The van der Waals surface area contributed by atoms with E-state index in [0.29, 0.717) is 0 Å². The number of Topliss-reactive ketones (excluding diaryl/α,β-unsaturated/α-hetero) is 1. The predicted molar refractivity (Wildman–Crippen MR) is 68.7 cm³/mol. The Morgan fingerprint density at radius 1 is 1.25 bits per heavy atom. The van der Waals surface area contributed by atoms with E-state index in [1.54, 1.807) is 0 Å². The van der Waals surface area contributed by atoms with Crippen molar-refractivity contribution >= 4 is 5.78 Å². The zero-order valence-electron chi connectivity index (χ0n) is 10.2. The first-order valence-electron chi connectivity index (χ1n) is 5.66. The van der Waals surface area contributed by atoms with Crippen LogP contribution in [0.1, 0.15) is 36.7 Å². The summed E-state index contributed by atoms with van der Waals surface area (Å²) in [7, 11) is 0. The van der Waals surface area contributed by atoms with Crippen LogP contribution in [0.25, 0.3) is 0 Å². The summed E-state index contributed by atoms with van der Waals surface area (Å²) < 4.78 is 0. The average Bonchev–Trinajstić information content (AvgIpc) is 2.35. The molecule has 16 heavy (non-hydrogen) atoms. The van der Waals surface area contributed by atoms with Crippen molar-refractivity contribution in [1.29, 1.82) is 0 Å². The van der Waals surface area contributed by atoms with Crippen LogP contribution < -0.4 is 0 Å². The van der Waals surface area contributed by atoms with E-state index in [9.17, 15) is 4.79 Å². The van der Waals surface area contributed by atoms with Gasteiger partial charge < -0.3 is 0 Å². The number of hydrogen-bond donors (Lipinski definition) is 0. The first-order chi connectivity index (χ1) is 7.74. The molecule has 0 amide bonds. The van der Waals surface area contributed by atoms with E-state index in [-0.39, 0.29) is 5.78 Å². The van der Waals surface area contributed by atoms with Crippen LogP contribution >= 0.6 is 0 Å². The molecule has 0 N–H and O–H groups in total. The summed E-state index contributed by atoms with van der Waals surface area (Å²) in [6.45, 7) is 5.88. The molecule has 0 aliphatic rings. The normalized spacial score (nSPS) is 12.1. The number of rotatable bonds is 4. The summed E-state index contributed by atoms with van der Waals surface area (Å²) in [5, 5.41) is 0. The van der Waals surface area contributed by atoms with Gasteiger partial charge in [-0.1, -0.05) is 49.4 Å². The van der Waals surface area contributed by atoms with Crippen molar-refractivity contribution < 1.29 is 4.79 Å². The lowest BCUT2D eigenvalue weighted by Gasteiger charge is -2.06. The van der Waals surface area contributed by atoms with Crippen molar-refractivity contribution in [2.75, 3.05) is 0 Å². The van der Waals surface area contributed by atoms with E-state index in [0.717, 1.165) is 23.1 Å². The Bertz CT molecular complexity index is 425. The highest BCUT2D eigenvalue weighted by Gasteiger charge is 2.11. The molecule has 0 unspecified atom stereocenters. The molecule has 0 saturated carbocycles. The molecule has 1 rings (SSSR count). The monoisotopic (exact) mass is 214 g/mol. The van der Waals surface area contributed by atoms with Gasteiger partial charge in [-0.25, -0.2) is 0 Å². The van der Waals surface area contributed by atoms with Gasteiger partial charge >= 0.3 is 0 Å². The van der Waals surface area contributed by atoms with E-state index in [1.165, 1.54) is 0 Å². The Labute approximate surface area is 97.5 Å². The molecule has 0 aliphatic heterocycles. The summed E-state index contributed by atoms with van der Waals surface area (Å²) in [4.78, 5) is 12.2. The molecular formula is C15H18O. The SMILES string of the molecule is C/C=C\C(=C/C)C(=O)c1ccccc1CC. The number of carbonyl (C=O) groups excluding carboxylic acids is 1. The predicted octanol–water partition coefficient (Wildman–Crippen LogP) is 3.95. The van der Waals surface area contributed by atoms with E-state index >= 15 is 0 Å². The second-order valence-corrected chi connectivity index (χ2v) is 3.58. The molecule has 84 valence electrons. The quantitative estimate of drug-likeness (QED) is 0.421. The lowest BCUT2D eigenvalue weighted by Crippen LogP contribution is -2.05. The van der Waals surface area contributed by atoms with Crippen LogP contribution in [0.5, 0.6) is 0 Å². The Balaban J connectivity index is 3.13. The first-order valence-corrected chi connectivity index (χ1v) is 5.66. The number of allylic oxidation sites excluding steroid dienone is 4. The Morgan fingerprint density at radius 3 is 2.50 bits per heavy atom. The van der Waals surface area contributed by atoms with Crippen LogP contribution in [0, 0.1) is 0 Å². The lowest BCUT2D eigenvalue weighted by molar-refractivity contribution is 0.103. The molecule has 0 spiro atoms. The van der Waals surface area contributed by atoms with E-state index in [4.69, 9.17) is 0 Å². The Kier molecular flexibility index (Phi) is 4.71. The van der Waals surface area contributed by atoms with Crippen molar-refractivity contribution in [1.82, 2.24) is 0 Å². The fourth-order valence-electron chi connectivity index (χ4n) is 1.69. The van der Waals surface area contributed by atoms with Gasteiger partial charge in [0.2, 0.25) is 0 Å². The molecule has 0 atom stereocenters. The Morgan fingerprint density at radius 2 is 1.94 bits per heavy atom. The maximum Gasteiger partial charge on any atom is 0.192 e. The third-order valence-corrected chi connectivity index (χ3v) is 2.56. The topological polar surface area (TPSA) is 17.1 Å². The third-order valence-electron chi connectivity index (χ3n) is 2.56. The van der Waals surface area contributed by atoms with Crippen molar-refractivity contribution in [3.05, 3.63) is 59.2 Å². The smallest absolute Gasteiger partial charge is 0.192 e. The molecule has 0 heterocycles. The molecule has 1 nitrogen and oxygen atoms in total. The highest BCUT2D eigenvalue weighted by Crippen LogP contribution is 2.15. The van der Waals surface area contributed by atoms with Gasteiger partial charge in [0.1, 0.15) is 0 Å². The van der Waals surface area contributed by atoms with Gasteiger partial charge in [0.05, 0.1) is 0 Å².